The van der Waals surface area contributed by atoms with Crippen LogP contribution in [0, 0.1) is 0 Å². The highest BCUT2D eigenvalue weighted by molar-refractivity contribution is 6.08. The molecule has 1 saturated carbocycles. The van der Waals surface area contributed by atoms with Gasteiger partial charge < -0.3 is 19.8 Å². The summed E-state index contributed by atoms with van der Waals surface area (Å²) in [6.07, 6.45) is 6.46. The van der Waals surface area contributed by atoms with Crippen molar-refractivity contribution in [3.05, 3.63) is 83.2 Å². The van der Waals surface area contributed by atoms with E-state index in [2.05, 4.69) is 10.3 Å². The third kappa shape index (κ3) is 4.44. The van der Waals surface area contributed by atoms with E-state index in [9.17, 15) is 9.59 Å². The number of nitrogens with one attached hydrogen (secondary N) is 2. The van der Waals surface area contributed by atoms with Crippen molar-refractivity contribution >= 4 is 22.8 Å². The Hall–Kier alpha value is -4.13. The average Bonchev–Trinajstić information content (AvgIpc) is 3.63. The van der Waals surface area contributed by atoms with E-state index in [1.165, 1.54) is 20.0 Å². The summed E-state index contributed by atoms with van der Waals surface area (Å²) in [4.78, 5) is 33.8. The molecule has 1 amide bonds. The molecular weight excluding hydrogens is 454 g/mol. The zero-order chi connectivity index (χ0) is 25.1. The molecule has 1 fully saturated rings. The van der Waals surface area contributed by atoms with Crippen LogP contribution in [0.3, 0.4) is 0 Å². The van der Waals surface area contributed by atoms with Crippen molar-refractivity contribution in [3.8, 4) is 17.0 Å². The van der Waals surface area contributed by atoms with Crippen LogP contribution in [0.15, 0.2) is 60.8 Å². The Morgan fingerprint density at radius 3 is 2.50 bits per heavy atom. The summed E-state index contributed by atoms with van der Waals surface area (Å²) in [6.45, 7) is 0.359. The highest BCUT2D eigenvalue weighted by Gasteiger charge is 2.27. The molecule has 36 heavy (non-hydrogen) atoms. The van der Waals surface area contributed by atoms with E-state index in [1.54, 1.807) is 25.3 Å². The highest BCUT2D eigenvalue weighted by Crippen LogP contribution is 2.39. The monoisotopic (exact) mass is 483 g/mol. The number of nitrogens with zero attached hydrogens (tertiary/aromatic N) is 1. The van der Waals surface area contributed by atoms with Gasteiger partial charge in [-0.3, -0.25) is 9.78 Å². The number of carbonyl (C=O) groups is 2. The second-order valence-corrected chi connectivity index (χ2v) is 9.04. The lowest BCUT2D eigenvalue weighted by atomic mass is 9.95. The lowest BCUT2D eigenvalue weighted by Gasteiger charge is -2.16. The summed E-state index contributed by atoms with van der Waals surface area (Å²) in [6, 6.07) is 16.9. The lowest BCUT2D eigenvalue weighted by Crippen LogP contribution is -2.23. The smallest absolute Gasteiger partial charge is 0.342 e. The first-order valence-corrected chi connectivity index (χ1v) is 12.2. The Labute approximate surface area is 209 Å². The van der Waals surface area contributed by atoms with Crippen molar-refractivity contribution in [3.63, 3.8) is 0 Å². The van der Waals surface area contributed by atoms with Gasteiger partial charge in [0.15, 0.2) is 0 Å². The van der Waals surface area contributed by atoms with Gasteiger partial charge in [-0.25, -0.2) is 4.79 Å². The number of methoxy groups -OCH3 is 2. The van der Waals surface area contributed by atoms with Crippen molar-refractivity contribution < 1.29 is 19.1 Å². The number of hydrogen-bond acceptors (Lipinski definition) is 5. The van der Waals surface area contributed by atoms with Crippen LogP contribution in [0.4, 0.5) is 0 Å². The van der Waals surface area contributed by atoms with Crippen molar-refractivity contribution in [2.75, 3.05) is 14.2 Å². The number of aromatic nitrogens is 2. The van der Waals surface area contributed by atoms with Crippen molar-refractivity contribution in [1.29, 1.82) is 0 Å². The number of hydrogen-bond donors (Lipinski definition) is 2. The molecule has 7 nitrogen and oxygen atoms in total. The summed E-state index contributed by atoms with van der Waals surface area (Å²) < 4.78 is 10.4. The number of H-pyrrole nitrogens is 1. The summed E-state index contributed by atoms with van der Waals surface area (Å²) in [5.41, 5.74) is 5.10. The molecule has 0 aliphatic heterocycles. The van der Waals surface area contributed by atoms with E-state index >= 15 is 0 Å². The van der Waals surface area contributed by atoms with Crippen LogP contribution < -0.4 is 10.1 Å². The van der Waals surface area contributed by atoms with E-state index in [0.29, 0.717) is 35.0 Å². The molecule has 0 radical (unpaired) electrons. The predicted octanol–water partition coefficient (Wildman–Crippen LogP) is 5.61. The first-order chi connectivity index (χ1) is 17.6. The molecule has 4 aromatic rings. The minimum Gasteiger partial charge on any atom is -0.496 e. The van der Waals surface area contributed by atoms with Gasteiger partial charge >= 0.3 is 5.97 Å². The van der Waals surface area contributed by atoms with E-state index in [1.807, 2.05) is 42.6 Å². The van der Waals surface area contributed by atoms with Crippen molar-refractivity contribution in [2.24, 2.45) is 0 Å². The number of benzene rings is 2. The number of aromatic amines is 1. The van der Waals surface area contributed by atoms with Crippen molar-refractivity contribution in [1.82, 2.24) is 15.3 Å². The Bertz CT molecular complexity index is 1400. The van der Waals surface area contributed by atoms with Crippen LogP contribution >= 0.6 is 0 Å². The van der Waals surface area contributed by atoms with Crippen molar-refractivity contribution in [2.45, 2.75) is 38.1 Å². The summed E-state index contributed by atoms with van der Waals surface area (Å²) >= 11 is 0. The fourth-order valence-corrected chi connectivity index (χ4v) is 5.06. The molecule has 2 aromatic heterocycles. The van der Waals surface area contributed by atoms with Crippen LogP contribution in [-0.4, -0.2) is 36.1 Å². The maximum atomic E-state index is 12.8. The molecule has 2 N–H and O–H groups in total. The molecule has 2 aromatic carbocycles. The quantitative estimate of drug-likeness (QED) is 0.333. The Morgan fingerprint density at radius 1 is 1.03 bits per heavy atom. The fourth-order valence-electron chi connectivity index (χ4n) is 5.06. The van der Waals surface area contributed by atoms with Gasteiger partial charge in [-0.1, -0.05) is 49.2 Å². The van der Waals surface area contributed by atoms with E-state index in [0.717, 1.165) is 40.6 Å². The van der Waals surface area contributed by atoms with Gasteiger partial charge in [0.1, 0.15) is 11.3 Å². The zero-order valence-corrected chi connectivity index (χ0v) is 20.5. The summed E-state index contributed by atoms with van der Waals surface area (Å²) in [5, 5.41) is 3.93. The number of amides is 1. The van der Waals surface area contributed by atoms with E-state index < -0.39 is 5.97 Å². The molecule has 0 saturated heterocycles. The zero-order valence-electron chi connectivity index (χ0n) is 20.5. The molecule has 0 unspecified atom stereocenters. The van der Waals surface area contributed by atoms with Gasteiger partial charge in [-0.2, -0.15) is 0 Å². The van der Waals surface area contributed by atoms with E-state index in [4.69, 9.17) is 14.5 Å². The van der Waals surface area contributed by atoms with E-state index in [-0.39, 0.29) is 5.91 Å². The summed E-state index contributed by atoms with van der Waals surface area (Å²) in [5.74, 6) is 0.295. The topological polar surface area (TPSA) is 93.3 Å². The molecule has 0 atom stereocenters. The molecule has 1 aliphatic carbocycles. The highest BCUT2D eigenvalue weighted by atomic mass is 16.5. The van der Waals surface area contributed by atoms with Crippen LogP contribution in [0.2, 0.25) is 0 Å². The number of para-hydroxylation sites is 1. The largest absolute Gasteiger partial charge is 0.496 e. The first kappa shape index (κ1) is 23.6. The summed E-state index contributed by atoms with van der Waals surface area (Å²) in [7, 11) is 2.93. The molecule has 5 rings (SSSR count). The Morgan fingerprint density at radius 2 is 1.78 bits per heavy atom. The van der Waals surface area contributed by atoms with Crippen LogP contribution in [0.5, 0.6) is 5.75 Å². The number of rotatable bonds is 7. The minimum atomic E-state index is -0.420. The molecule has 0 spiro atoms. The second kappa shape index (κ2) is 10.2. The third-order valence-electron chi connectivity index (χ3n) is 6.91. The molecule has 1 aliphatic rings. The number of pyridine rings is 1. The van der Waals surface area contributed by atoms with Gasteiger partial charge in [-0.15, -0.1) is 0 Å². The lowest BCUT2D eigenvalue weighted by molar-refractivity contribution is 0.0603. The van der Waals surface area contributed by atoms with Gasteiger partial charge in [0.2, 0.25) is 0 Å². The maximum absolute atomic E-state index is 12.8. The normalized spacial score (nSPS) is 13.6. The predicted molar refractivity (Wildman–Crippen MR) is 138 cm³/mol. The maximum Gasteiger partial charge on any atom is 0.342 e. The SMILES string of the molecule is COC(=O)c1c(-c2ccc(CNC(=O)c3ccccc3OC)cc2)nc(C2CCCC2)c2cc[nH]c12. The fraction of sp³-hybridized carbons (Fsp3) is 0.276. The van der Waals surface area contributed by atoms with Crippen LogP contribution in [-0.2, 0) is 11.3 Å². The first-order valence-electron chi connectivity index (χ1n) is 12.2. The number of ether oxygens (including phenoxy) is 2. The van der Waals surface area contributed by atoms with Gasteiger partial charge in [0.05, 0.1) is 36.7 Å². The minimum absolute atomic E-state index is 0.204. The molecule has 7 heteroatoms. The third-order valence-corrected chi connectivity index (χ3v) is 6.91. The van der Waals surface area contributed by atoms with Crippen LogP contribution in [0.1, 0.15) is 63.6 Å². The number of carbonyl (C=O) groups excluding carboxylic acids is 2. The average molecular weight is 484 g/mol. The Balaban J connectivity index is 1.45. The molecule has 2 heterocycles. The Kier molecular flexibility index (Phi) is 6.71. The van der Waals surface area contributed by atoms with Gasteiger partial charge in [0, 0.05) is 29.6 Å². The van der Waals surface area contributed by atoms with Crippen LogP contribution in [0.25, 0.3) is 22.2 Å². The molecule has 184 valence electrons. The molecule has 0 bridgehead atoms. The standard InChI is InChI=1S/C29H29N3O4/c1-35-23-10-6-5-9-21(23)28(33)31-17-18-11-13-20(14-12-18)26-24(29(34)36-2)27-22(15-16-30-27)25(32-26)19-7-3-4-8-19/h5-6,9-16,19,30H,3-4,7-8,17H2,1-2H3,(H,31,33). The number of fused-ring (bicyclic) bond motifs is 1. The van der Waals surface area contributed by atoms with Gasteiger partial charge in [-0.05, 0) is 36.6 Å². The molecular formula is C29H29N3O4. The van der Waals surface area contributed by atoms with Gasteiger partial charge in [0.25, 0.3) is 5.91 Å². The second-order valence-electron chi connectivity index (χ2n) is 9.04. The number of esters is 1.